The van der Waals surface area contributed by atoms with Crippen LogP contribution < -0.4 is 16.0 Å². The number of hydrogen-bond acceptors (Lipinski definition) is 5. The molecule has 0 unspecified atom stereocenters. The van der Waals surface area contributed by atoms with Gasteiger partial charge in [-0.2, -0.15) is 0 Å². The number of amides is 3. The van der Waals surface area contributed by atoms with Crippen LogP contribution in [0.25, 0.3) is 10.6 Å². The largest absolute Gasteiger partial charge is 0.326 e. The van der Waals surface area contributed by atoms with Crippen LogP contribution >= 0.6 is 11.3 Å². The van der Waals surface area contributed by atoms with Crippen molar-refractivity contribution in [1.29, 1.82) is 0 Å². The zero-order valence-corrected chi connectivity index (χ0v) is 17.1. The van der Waals surface area contributed by atoms with Crippen molar-refractivity contribution in [2.45, 2.75) is 26.3 Å². The molecule has 3 amide bonds. The summed E-state index contributed by atoms with van der Waals surface area (Å²) in [6, 6.07) is 17.6. The number of hydrogen-bond donors (Lipinski definition) is 3. The van der Waals surface area contributed by atoms with Crippen molar-refractivity contribution in [3.05, 3.63) is 60.7 Å². The van der Waals surface area contributed by atoms with Crippen LogP contribution in [0.4, 0.5) is 15.6 Å². The lowest BCUT2D eigenvalue weighted by Gasteiger charge is -2.23. The van der Waals surface area contributed by atoms with E-state index < -0.39 is 12.1 Å². The minimum absolute atomic E-state index is 0.0574. The first-order valence-corrected chi connectivity index (χ1v) is 10.2. The fourth-order valence-electron chi connectivity index (χ4n) is 2.69. The molecule has 0 aliphatic carbocycles. The summed E-state index contributed by atoms with van der Waals surface area (Å²) in [5.41, 5.74) is 1.59. The number of nitrogens with one attached hydrogen (secondary N) is 3. The summed E-state index contributed by atoms with van der Waals surface area (Å²) in [5.74, 6) is -0.378. The fourth-order valence-corrected chi connectivity index (χ4v) is 3.44. The van der Waals surface area contributed by atoms with Gasteiger partial charge in [0.2, 0.25) is 11.0 Å². The highest BCUT2D eigenvalue weighted by molar-refractivity contribution is 7.18. The summed E-state index contributed by atoms with van der Waals surface area (Å²) in [5, 5.41) is 17.6. The van der Waals surface area contributed by atoms with Gasteiger partial charge < -0.3 is 10.6 Å². The van der Waals surface area contributed by atoms with Crippen LogP contribution in [0.1, 0.15) is 20.3 Å². The molecule has 8 heteroatoms. The van der Waals surface area contributed by atoms with Gasteiger partial charge in [-0.15, -0.1) is 10.2 Å². The number of para-hydroxylation sites is 1. The third-order valence-electron chi connectivity index (χ3n) is 4.49. The number of rotatable bonds is 7. The first-order valence-electron chi connectivity index (χ1n) is 9.39. The molecular weight excluding hydrogens is 386 g/mol. The molecule has 3 aromatic rings. The molecule has 7 nitrogen and oxygen atoms in total. The van der Waals surface area contributed by atoms with Gasteiger partial charge in [-0.1, -0.05) is 80.1 Å². The monoisotopic (exact) mass is 409 g/mol. The Kier molecular flexibility index (Phi) is 6.91. The summed E-state index contributed by atoms with van der Waals surface area (Å²) >= 11 is 1.29. The molecular formula is C21H23N5O2S. The van der Waals surface area contributed by atoms with Crippen LogP contribution in [-0.2, 0) is 4.79 Å². The molecule has 0 spiro atoms. The highest BCUT2D eigenvalue weighted by Gasteiger charge is 2.27. The Hall–Kier alpha value is -3.26. The van der Waals surface area contributed by atoms with E-state index in [-0.39, 0.29) is 11.8 Å². The third-order valence-corrected chi connectivity index (χ3v) is 5.38. The molecule has 3 N–H and O–H groups in total. The second-order valence-corrected chi connectivity index (χ2v) is 7.57. The van der Waals surface area contributed by atoms with Crippen LogP contribution in [-0.4, -0.2) is 28.2 Å². The van der Waals surface area contributed by atoms with Gasteiger partial charge in [-0.25, -0.2) is 4.79 Å². The smallest absolute Gasteiger partial charge is 0.319 e. The maximum absolute atomic E-state index is 12.8. The van der Waals surface area contributed by atoms with Gasteiger partial charge in [0.15, 0.2) is 0 Å². The van der Waals surface area contributed by atoms with Gasteiger partial charge in [0.05, 0.1) is 0 Å². The van der Waals surface area contributed by atoms with Gasteiger partial charge in [0, 0.05) is 11.3 Å². The Balaban J connectivity index is 1.66. The molecule has 0 fully saturated rings. The fraction of sp³-hybridized carbons (Fsp3) is 0.238. The molecule has 2 atom stereocenters. The van der Waals surface area contributed by atoms with Crippen molar-refractivity contribution in [1.82, 2.24) is 15.5 Å². The van der Waals surface area contributed by atoms with Crippen molar-refractivity contribution < 1.29 is 9.59 Å². The van der Waals surface area contributed by atoms with E-state index in [0.717, 1.165) is 17.0 Å². The van der Waals surface area contributed by atoms with Gasteiger partial charge in [0.1, 0.15) is 11.0 Å². The average molecular weight is 410 g/mol. The van der Waals surface area contributed by atoms with Crippen molar-refractivity contribution in [2.24, 2.45) is 5.92 Å². The average Bonchev–Trinajstić information content (AvgIpc) is 3.21. The normalized spacial score (nSPS) is 12.6. The van der Waals surface area contributed by atoms with Crippen LogP contribution in [0.5, 0.6) is 0 Å². The lowest BCUT2D eigenvalue weighted by atomic mass is 9.98. The molecule has 150 valence electrons. The van der Waals surface area contributed by atoms with Crippen molar-refractivity contribution in [2.75, 3.05) is 10.6 Å². The molecule has 0 saturated carbocycles. The summed E-state index contributed by atoms with van der Waals surface area (Å²) in [7, 11) is 0. The topological polar surface area (TPSA) is 96.0 Å². The molecule has 29 heavy (non-hydrogen) atoms. The standard InChI is InChI=1S/C21H23N5O2S/c1-3-14(2)17(23-20(28)22-16-12-8-5-9-13-16)18(27)24-21-26-25-19(29-21)15-10-6-4-7-11-15/h4-14,17H,3H2,1-2H3,(H2,22,23,28)(H,24,26,27)/t14-,17-/m0/s1. The Morgan fingerprint density at radius 3 is 2.28 bits per heavy atom. The van der Waals surface area contributed by atoms with Crippen LogP contribution in [0.15, 0.2) is 60.7 Å². The number of anilines is 2. The molecule has 1 aromatic heterocycles. The summed E-state index contributed by atoms with van der Waals surface area (Å²) in [6.45, 7) is 3.89. The molecule has 1 heterocycles. The Bertz CT molecular complexity index is 946. The van der Waals surface area contributed by atoms with Gasteiger partial charge in [-0.05, 0) is 18.1 Å². The summed E-state index contributed by atoms with van der Waals surface area (Å²) in [6.07, 6.45) is 0.731. The Labute approximate surface area is 173 Å². The summed E-state index contributed by atoms with van der Waals surface area (Å²) in [4.78, 5) is 25.2. The quantitative estimate of drug-likeness (QED) is 0.539. The first-order chi connectivity index (χ1) is 14.1. The van der Waals surface area contributed by atoms with Gasteiger partial charge in [0.25, 0.3) is 0 Å². The Morgan fingerprint density at radius 1 is 0.966 bits per heavy atom. The number of carbonyl (C=O) groups excluding carboxylic acids is 2. The number of carbonyl (C=O) groups is 2. The number of aromatic nitrogens is 2. The van der Waals surface area contributed by atoms with Gasteiger partial charge in [-0.3, -0.25) is 10.1 Å². The zero-order chi connectivity index (χ0) is 20.6. The number of urea groups is 1. The summed E-state index contributed by atoms with van der Waals surface area (Å²) < 4.78 is 0. The minimum atomic E-state index is -0.701. The molecule has 0 aliphatic heterocycles. The van der Waals surface area contributed by atoms with E-state index in [1.54, 1.807) is 12.1 Å². The van der Waals surface area contributed by atoms with Crippen molar-refractivity contribution in [3.8, 4) is 10.6 Å². The highest BCUT2D eigenvalue weighted by Crippen LogP contribution is 2.26. The van der Waals surface area contributed by atoms with E-state index in [9.17, 15) is 9.59 Å². The van der Waals surface area contributed by atoms with Gasteiger partial charge >= 0.3 is 6.03 Å². The molecule has 0 bridgehead atoms. The van der Waals surface area contributed by atoms with Crippen molar-refractivity contribution >= 4 is 34.1 Å². The van der Waals surface area contributed by atoms with E-state index in [0.29, 0.717) is 10.8 Å². The minimum Gasteiger partial charge on any atom is -0.326 e. The number of benzene rings is 2. The lowest BCUT2D eigenvalue weighted by Crippen LogP contribution is -2.49. The molecule has 0 saturated heterocycles. The molecule has 2 aromatic carbocycles. The predicted molar refractivity (Wildman–Crippen MR) is 116 cm³/mol. The SMILES string of the molecule is CC[C@H](C)[C@H](NC(=O)Nc1ccccc1)C(=O)Nc1nnc(-c2ccccc2)s1. The van der Waals surface area contributed by atoms with E-state index >= 15 is 0 Å². The molecule has 0 aliphatic rings. The molecule has 3 rings (SSSR count). The first kappa shape index (κ1) is 20.5. The zero-order valence-electron chi connectivity index (χ0n) is 16.3. The van der Waals surface area contributed by atoms with Crippen LogP contribution in [0, 0.1) is 5.92 Å². The van der Waals surface area contributed by atoms with Crippen LogP contribution in [0.2, 0.25) is 0 Å². The Morgan fingerprint density at radius 2 is 1.62 bits per heavy atom. The highest BCUT2D eigenvalue weighted by atomic mass is 32.1. The maximum Gasteiger partial charge on any atom is 0.319 e. The van der Waals surface area contributed by atoms with Crippen molar-refractivity contribution in [3.63, 3.8) is 0 Å². The number of nitrogens with zero attached hydrogens (tertiary/aromatic N) is 2. The third kappa shape index (κ3) is 5.61. The van der Waals surface area contributed by atoms with E-state index in [1.807, 2.05) is 62.4 Å². The van der Waals surface area contributed by atoms with E-state index in [1.165, 1.54) is 11.3 Å². The maximum atomic E-state index is 12.8. The molecule has 0 radical (unpaired) electrons. The predicted octanol–water partition coefficient (Wildman–Crippen LogP) is 4.38. The lowest BCUT2D eigenvalue weighted by molar-refractivity contribution is -0.119. The second-order valence-electron chi connectivity index (χ2n) is 6.60. The second kappa shape index (κ2) is 9.79. The van der Waals surface area contributed by atoms with E-state index in [4.69, 9.17) is 0 Å². The van der Waals surface area contributed by atoms with Crippen LogP contribution in [0.3, 0.4) is 0 Å². The van der Waals surface area contributed by atoms with E-state index in [2.05, 4.69) is 26.1 Å².